The molecule has 2 aliphatic heterocycles. The highest BCUT2D eigenvalue weighted by Gasteiger charge is 2.49. The third-order valence-electron chi connectivity index (χ3n) is 4.60. The zero-order valence-corrected chi connectivity index (χ0v) is 16.3. The standard InChI is InChI=1S/C17H30O7Si/c1-22-13(19)9-10-5-6-12-17(23-10)15(21)14(20)16(24-12)11(18)7-8-25(2,3)4/h7-8,10-12,14-18,20-21H,5-6,9H2,1-4H3/b8-7+/t10-,11?,12+,14+,15-,16+,17+/m1/s1. The van der Waals surface area contributed by atoms with Crippen molar-refractivity contribution in [2.24, 2.45) is 0 Å². The summed E-state index contributed by atoms with van der Waals surface area (Å²) in [5.41, 5.74) is 1.98. The molecule has 0 spiro atoms. The number of carbonyl (C=O) groups is 1. The van der Waals surface area contributed by atoms with Crippen LogP contribution in [0.4, 0.5) is 0 Å². The van der Waals surface area contributed by atoms with E-state index in [0.29, 0.717) is 12.8 Å². The molecular weight excluding hydrogens is 344 g/mol. The predicted octanol–water partition coefficient (Wildman–Crippen LogP) is 0.381. The van der Waals surface area contributed by atoms with Crippen LogP contribution in [0.2, 0.25) is 19.6 Å². The lowest BCUT2D eigenvalue weighted by Gasteiger charge is -2.47. The first-order valence-corrected chi connectivity index (χ1v) is 12.3. The molecule has 8 heteroatoms. The number of hydrogen-bond donors (Lipinski definition) is 3. The first-order chi connectivity index (χ1) is 11.6. The van der Waals surface area contributed by atoms with Crippen molar-refractivity contribution in [3.8, 4) is 0 Å². The number of carbonyl (C=O) groups excluding carboxylic acids is 1. The molecule has 0 aromatic carbocycles. The topological polar surface area (TPSA) is 105 Å². The summed E-state index contributed by atoms with van der Waals surface area (Å²) in [7, 11) is -0.179. The van der Waals surface area contributed by atoms with E-state index in [1.807, 2.05) is 5.70 Å². The van der Waals surface area contributed by atoms with Crippen LogP contribution in [-0.4, -0.2) is 79.2 Å². The van der Waals surface area contributed by atoms with Crippen molar-refractivity contribution < 1.29 is 34.3 Å². The zero-order valence-electron chi connectivity index (χ0n) is 15.3. The molecule has 3 N–H and O–H groups in total. The molecule has 0 aromatic heterocycles. The minimum absolute atomic E-state index is 0.105. The second kappa shape index (κ2) is 8.28. The van der Waals surface area contributed by atoms with E-state index in [0.717, 1.165) is 0 Å². The third kappa shape index (κ3) is 5.35. The molecule has 0 radical (unpaired) electrons. The van der Waals surface area contributed by atoms with Crippen molar-refractivity contribution in [3.63, 3.8) is 0 Å². The highest BCUT2D eigenvalue weighted by Crippen LogP contribution is 2.34. The normalized spacial score (nSPS) is 37.6. The fraction of sp³-hybridized carbons (Fsp3) is 0.824. The van der Waals surface area contributed by atoms with E-state index in [1.54, 1.807) is 6.08 Å². The molecule has 0 aromatic rings. The zero-order chi connectivity index (χ0) is 18.8. The molecule has 0 aliphatic carbocycles. The highest BCUT2D eigenvalue weighted by atomic mass is 28.3. The second-order valence-electron chi connectivity index (χ2n) is 7.92. The maximum atomic E-state index is 11.4. The second-order valence-corrected chi connectivity index (χ2v) is 13.0. The summed E-state index contributed by atoms with van der Waals surface area (Å²) in [6.07, 6.45) is -2.93. The first-order valence-electron chi connectivity index (χ1n) is 8.73. The molecule has 144 valence electrons. The van der Waals surface area contributed by atoms with Crippen LogP contribution < -0.4 is 0 Å². The van der Waals surface area contributed by atoms with E-state index in [1.165, 1.54) is 7.11 Å². The van der Waals surface area contributed by atoms with E-state index in [-0.39, 0.29) is 18.5 Å². The van der Waals surface area contributed by atoms with Gasteiger partial charge in [0.25, 0.3) is 0 Å². The summed E-state index contributed by atoms with van der Waals surface area (Å²) in [5.74, 6) is -0.375. The van der Waals surface area contributed by atoms with Gasteiger partial charge < -0.3 is 29.5 Å². The quantitative estimate of drug-likeness (QED) is 0.472. The van der Waals surface area contributed by atoms with Gasteiger partial charge in [-0.1, -0.05) is 31.4 Å². The summed E-state index contributed by atoms with van der Waals surface area (Å²) in [6.45, 7) is 6.40. The first kappa shape index (κ1) is 20.5. The Morgan fingerprint density at radius 3 is 2.52 bits per heavy atom. The number of esters is 1. The van der Waals surface area contributed by atoms with Gasteiger partial charge in [0.1, 0.15) is 30.5 Å². The Hall–Kier alpha value is -0.773. The number of methoxy groups -OCH3 is 1. The van der Waals surface area contributed by atoms with Crippen LogP contribution in [0.1, 0.15) is 19.3 Å². The van der Waals surface area contributed by atoms with Gasteiger partial charge in [-0.05, 0) is 12.8 Å². The van der Waals surface area contributed by atoms with Crippen LogP contribution in [-0.2, 0) is 19.0 Å². The Kier molecular flexibility index (Phi) is 6.80. The smallest absolute Gasteiger partial charge is 0.308 e. The predicted molar refractivity (Wildman–Crippen MR) is 93.7 cm³/mol. The van der Waals surface area contributed by atoms with Crippen molar-refractivity contribution >= 4 is 14.0 Å². The SMILES string of the molecule is COC(=O)C[C@H]1CC[C@@H]2O[C@@H](C(O)/C=C/[Si](C)(C)C)[C@@H](O)[C@@H](O)[C@H]2O1. The van der Waals surface area contributed by atoms with E-state index in [2.05, 4.69) is 24.4 Å². The number of aliphatic hydroxyl groups is 3. The third-order valence-corrected chi connectivity index (χ3v) is 5.79. The monoisotopic (exact) mass is 374 g/mol. The molecule has 0 saturated carbocycles. The molecule has 2 saturated heterocycles. The van der Waals surface area contributed by atoms with Gasteiger partial charge in [0.05, 0.1) is 33.8 Å². The van der Waals surface area contributed by atoms with Crippen molar-refractivity contribution in [2.45, 2.75) is 81.6 Å². The summed E-state index contributed by atoms with van der Waals surface area (Å²) < 4.78 is 16.2. The molecule has 2 aliphatic rings. The van der Waals surface area contributed by atoms with Gasteiger partial charge in [-0.2, -0.15) is 0 Å². The lowest BCUT2D eigenvalue weighted by Crippen LogP contribution is -2.63. The van der Waals surface area contributed by atoms with E-state index in [4.69, 9.17) is 9.47 Å². The Morgan fingerprint density at radius 2 is 1.92 bits per heavy atom. The molecule has 0 bridgehead atoms. The Bertz CT molecular complexity index is 488. The summed E-state index contributed by atoms with van der Waals surface area (Å²) in [6, 6.07) is 0. The van der Waals surface area contributed by atoms with Gasteiger partial charge in [-0.25, -0.2) is 0 Å². The summed E-state index contributed by atoms with van der Waals surface area (Å²) in [4.78, 5) is 11.4. The molecule has 2 heterocycles. The van der Waals surface area contributed by atoms with Gasteiger partial charge in [-0.3, -0.25) is 4.79 Å². The molecule has 1 unspecified atom stereocenters. The molecule has 25 heavy (non-hydrogen) atoms. The Balaban J connectivity index is 2.02. The van der Waals surface area contributed by atoms with Crippen molar-refractivity contribution in [2.75, 3.05) is 7.11 Å². The molecular formula is C17H30O7Si. The molecule has 7 nitrogen and oxygen atoms in total. The molecule has 2 rings (SSSR count). The van der Waals surface area contributed by atoms with Gasteiger partial charge in [0.15, 0.2) is 0 Å². The number of aliphatic hydroxyl groups excluding tert-OH is 3. The Labute approximate surface area is 149 Å². The van der Waals surface area contributed by atoms with E-state index in [9.17, 15) is 20.1 Å². The average molecular weight is 375 g/mol. The van der Waals surface area contributed by atoms with Gasteiger partial charge in [0, 0.05) is 0 Å². The fourth-order valence-corrected chi connectivity index (χ4v) is 3.98. The number of hydrogen-bond acceptors (Lipinski definition) is 7. The van der Waals surface area contributed by atoms with Gasteiger partial charge >= 0.3 is 5.97 Å². The summed E-state index contributed by atoms with van der Waals surface area (Å²) in [5, 5.41) is 31.1. The van der Waals surface area contributed by atoms with Crippen LogP contribution in [0.5, 0.6) is 0 Å². The fourth-order valence-electron chi connectivity index (χ4n) is 3.21. The van der Waals surface area contributed by atoms with E-state index < -0.39 is 44.7 Å². The van der Waals surface area contributed by atoms with Crippen molar-refractivity contribution in [1.82, 2.24) is 0 Å². The minimum atomic E-state index is -1.49. The largest absolute Gasteiger partial charge is 0.469 e. The number of fused-ring (bicyclic) bond motifs is 1. The van der Waals surface area contributed by atoms with Gasteiger partial charge in [0.2, 0.25) is 0 Å². The van der Waals surface area contributed by atoms with Crippen LogP contribution in [0.25, 0.3) is 0 Å². The van der Waals surface area contributed by atoms with Crippen LogP contribution >= 0.6 is 0 Å². The van der Waals surface area contributed by atoms with Crippen LogP contribution in [0, 0.1) is 0 Å². The lowest BCUT2D eigenvalue weighted by atomic mass is 9.87. The molecule has 2 fully saturated rings. The Morgan fingerprint density at radius 1 is 1.24 bits per heavy atom. The van der Waals surface area contributed by atoms with Crippen LogP contribution in [0.15, 0.2) is 11.8 Å². The van der Waals surface area contributed by atoms with E-state index >= 15 is 0 Å². The van der Waals surface area contributed by atoms with Crippen LogP contribution in [0.3, 0.4) is 0 Å². The lowest BCUT2D eigenvalue weighted by molar-refractivity contribution is -0.274. The summed E-state index contributed by atoms with van der Waals surface area (Å²) >= 11 is 0. The minimum Gasteiger partial charge on any atom is -0.469 e. The number of rotatable bonds is 5. The maximum absolute atomic E-state index is 11.4. The average Bonchev–Trinajstić information content (AvgIpc) is 2.55. The van der Waals surface area contributed by atoms with Crippen molar-refractivity contribution in [1.29, 1.82) is 0 Å². The van der Waals surface area contributed by atoms with Gasteiger partial charge in [-0.15, -0.1) is 0 Å². The maximum Gasteiger partial charge on any atom is 0.308 e. The number of ether oxygens (including phenoxy) is 3. The molecule has 7 atom stereocenters. The van der Waals surface area contributed by atoms with Crippen molar-refractivity contribution in [3.05, 3.63) is 11.8 Å². The molecule has 0 amide bonds. The highest BCUT2D eigenvalue weighted by molar-refractivity contribution is 6.80.